The molecule has 0 spiro atoms. The fourth-order valence-electron chi connectivity index (χ4n) is 1.79. The third-order valence-corrected chi connectivity index (χ3v) is 3.66. The molecule has 0 bridgehead atoms. The van der Waals surface area contributed by atoms with Crippen LogP contribution in [0, 0.1) is 5.92 Å². The summed E-state index contributed by atoms with van der Waals surface area (Å²) < 4.78 is 41.3. The molecule has 2 N–H and O–H groups in total. The average molecular weight is 334 g/mol. The molecule has 0 saturated carbocycles. The number of carbonyl (C=O) groups excluding carboxylic acids is 1. The second-order valence-corrected chi connectivity index (χ2v) is 5.60. The fourth-order valence-corrected chi connectivity index (χ4v) is 1.79. The molecule has 130 valence electrons. The maximum absolute atomic E-state index is 12.2. The van der Waals surface area contributed by atoms with E-state index >= 15 is 0 Å². The SMILES string of the molecule is CCC(C)C(C)(O)CNC(=O)c1ncccc1OCC(F)(F)F. The van der Waals surface area contributed by atoms with E-state index in [-0.39, 0.29) is 23.9 Å². The molecule has 1 rings (SSSR count). The van der Waals surface area contributed by atoms with Gasteiger partial charge in [-0.15, -0.1) is 0 Å². The summed E-state index contributed by atoms with van der Waals surface area (Å²) in [5, 5.41) is 12.7. The number of pyridine rings is 1. The van der Waals surface area contributed by atoms with E-state index in [0.717, 1.165) is 0 Å². The van der Waals surface area contributed by atoms with Gasteiger partial charge in [0.15, 0.2) is 18.1 Å². The van der Waals surface area contributed by atoms with Crippen molar-refractivity contribution in [1.29, 1.82) is 0 Å². The van der Waals surface area contributed by atoms with Gasteiger partial charge in [-0.25, -0.2) is 4.98 Å². The second kappa shape index (κ2) is 7.63. The minimum absolute atomic E-state index is 0.0455. The van der Waals surface area contributed by atoms with Crippen LogP contribution in [-0.2, 0) is 0 Å². The Labute approximate surface area is 132 Å². The number of amides is 1. The Kier molecular flexibility index (Phi) is 6.37. The zero-order chi connectivity index (χ0) is 17.7. The average Bonchev–Trinajstić information content (AvgIpc) is 2.49. The molecular formula is C15H21F3N2O3. The van der Waals surface area contributed by atoms with Gasteiger partial charge in [-0.3, -0.25) is 4.79 Å². The summed E-state index contributed by atoms with van der Waals surface area (Å²) >= 11 is 0. The molecule has 1 aromatic heterocycles. The number of aromatic nitrogens is 1. The Bertz CT molecular complexity index is 533. The summed E-state index contributed by atoms with van der Waals surface area (Å²) in [6.07, 6.45) is -2.52. The predicted molar refractivity (Wildman–Crippen MR) is 78.2 cm³/mol. The maximum atomic E-state index is 12.2. The highest BCUT2D eigenvalue weighted by atomic mass is 19.4. The highest BCUT2D eigenvalue weighted by Crippen LogP contribution is 2.22. The van der Waals surface area contributed by atoms with Crippen molar-refractivity contribution in [3.05, 3.63) is 24.0 Å². The van der Waals surface area contributed by atoms with Gasteiger partial charge in [0.05, 0.1) is 5.60 Å². The van der Waals surface area contributed by atoms with Gasteiger partial charge in [-0.05, 0) is 25.0 Å². The number of nitrogens with zero attached hydrogens (tertiary/aromatic N) is 1. The molecule has 8 heteroatoms. The van der Waals surface area contributed by atoms with Crippen LogP contribution < -0.4 is 10.1 Å². The van der Waals surface area contributed by atoms with Gasteiger partial charge in [-0.2, -0.15) is 13.2 Å². The van der Waals surface area contributed by atoms with Gasteiger partial charge in [0.1, 0.15) is 0 Å². The summed E-state index contributed by atoms with van der Waals surface area (Å²) in [6, 6.07) is 2.61. The lowest BCUT2D eigenvalue weighted by atomic mass is 9.88. The topological polar surface area (TPSA) is 71.5 Å². The molecule has 0 aliphatic heterocycles. The highest BCUT2D eigenvalue weighted by molar-refractivity contribution is 5.94. The van der Waals surface area contributed by atoms with E-state index in [2.05, 4.69) is 15.0 Å². The molecule has 0 saturated heterocycles. The summed E-state index contributed by atoms with van der Waals surface area (Å²) in [7, 11) is 0. The van der Waals surface area contributed by atoms with E-state index in [1.54, 1.807) is 6.92 Å². The number of halogens is 3. The lowest BCUT2D eigenvalue weighted by Crippen LogP contribution is -2.45. The van der Waals surface area contributed by atoms with E-state index in [1.807, 2.05) is 13.8 Å². The number of alkyl halides is 3. The zero-order valence-corrected chi connectivity index (χ0v) is 13.3. The largest absolute Gasteiger partial charge is 0.482 e. The van der Waals surface area contributed by atoms with Gasteiger partial charge >= 0.3 is 6.18 Å². The zero-order valence-electron chi connectivity index (χ0n) is 13.3. The summed E-state index contributed by atoms with van der Waals surface area (Å²) in [5.74, 6) is -1.02. The number of rotatable bonds is 7. The monoisotopic (exact) mass is 334 g/mol. The van der Waals surface area contributed by atoms with Gasteiger partial charge < -0.3 is 15.2 Å². The second-order valence-electron chi connectivity index (χ2n) is 5.60. The molecular weight excluding hydrogens is 313 g/mol. The molecule has 1 aromatic rings. The van der Waals surface area contributed by atoms with Crippen LogP contribution in [0.5, 0.6) is 5.75 Å². The van der Waals surface area contributed by atoms with E-state index in [9.17, 15) is 23.1 Å². The van der Waals surface area contributed by atoms with E-state index in [4.69, 9.17) is 0 Å². The molecule has 1 heterocycles. The fraction of sp³-hybridized carbons (Fsp3) is 0.600. The van der Waals surface area contributed by atoms with Crippen molar-refractivity contribution < 1.29 is 27.8 Å². The number of nitrogens with one attached hydrogen (secondary N) is 1. The quantitative estimate of drug-likeness (QED) is 0.804. The van der Waals surface area contributed by atoms with Crippen molar-refractivity contribution in [3.8, 4) is 5.75 Å². The molecule has 2 atom stereocenters. The minimum Gasteiger partial charge on any atom is -0.482 e. The van der Waals surface area contributed by atoms with Crippen LogP contribution in [-0.4, -0.2) is 40.9 Å². The first kappa shape index (κ1) is 19.2. The Morgan fingerprint density at radius 2 is 2.13 bits per heavy atom. The normalized spacial score (nSPS) is 15.6. The van der Waals surface area contributed by atoms with Crippen LogP contribution in [0.15, 0.2) is 18.3 Å². The number of ether oxygens (including phenoxy) is 1. The van der Waals surface area contributed by atoms with Crippen molar-refractivity contribution in [2.24, 2.45) is 5.92 Å². The number of aliphatic hydroxyl groups is 1. The van der Waals surface area contributed by atoms with Crippen molar-refractivity contribution in [2.75, 3.05) is 13.2 Å². The van der Waals surface area contributed by atoms with Crippen LogP contribution in [0.3, 0.4) is 0 Å². The number of hydrogen-bond donors (Lipinski definition) is 2. The standard InChI is InChI=1S/C15H21F3N2O3/c1-4-10(2)14(3,22)8-20-13(21)12-11(6-5-7-19-12)23-9-15(16,17)18/h5-7,10,22H,4,8-9H2,1-3H3,(H,20,21). The Hall–Kier alpha value is -1.83. The molecule has 0 aliphatic rings. The molecule has 2 unspecified atom stereocenters. The van der Waals surface area contributed by atoms with Gasteiger partial charge in [0, 0.05) is 12.7 Å². The molecule has 1 amide bonds. The first-order chi connectivity index (χ1) is 10.6. The first-order valence-corrected chi connectivity index (χ1v) is 7.22. The highest BCUT2D eigenvalue weighted by Gasteiger charge is 2.30. The summed E-state index contributed by atoms with van der Waals surface area (Å²) in [6.45, 7) is 3.77. The van der Waals surface area contributed by atoms with E-state index < -0.39 is 24.3 Å². The van der Waals surface area contributed by atoms with Crippen LogP contribution in [0.1, 0.15) is 37.7 Å². The van der Waals surface area contributed by atoms with Crippen molar-refractivity contribution in [2.45, 2.75) is 39.0 Å². The molecule has 0 aromatic carbocycles. The van der Waals surface area contributed by atoms with Gasteiger partial charge in [-0.1, -0.05) is 20.3 Å². The van der Waals surface area contributed by atoms with E-state index in [0.29, 0.717) is 6.42 Å². The van der Waals surface area contributed by atoms with Gasteiger partial charge in [0.2, 0.25) is 0 Å². The van der Waals surface area contributed by atoms with Crippen LogP contribution in [0.25, 0.3) is 0 Å². The molecule has 5 nitrogen and oxygen atoms in total. The lowest BCUT2D eigenvalue weighted by molar-refractivity contribution is -0.153. The number of hydrogen-bond acceptors (Lipinski definition) is 4. The number of carbonyl (C=O) groups is 1. The third kappa shape index (κ3) is 6.05. The third-order valence-electron chi connectivity index (χ3n) is 3.66. The first-order valence-electron chi connectivity index (χ1n) is 7.22. The molecule has 0 aliphatic carbocycles. The van der Waals surface area contributed by atoms with Crippen molar-refractivity contribution in [1.82, 2.24) is 10.3 Å². The Morgan fingerprint density at radius 1 is 1.48 bits per heavy atom. The summed E-state index contributed by atoms with van der Waals surface area (Å²) in [5.41, 5.74) is -1.39. The minimum atomic E-state index is -4.51. The van der Waals surface area contributed by atoms with Crippen LogP contribution in [0.4, 0.5) is 13.2 Å². The molecule has 23 heavy (non-hydrogen) atoms. The Balaban J connectivity index is 2.77. The summed E-state index contributed by atoms with van der Waals surface area (Å²) in [4.78, 5) is 15.9. The maximum Gasteiger partial charge on any atom is 0.422 e. The smallest absolute Gasteiger partial charge is 0.422 e. The van der Waals surface area contributed by atoms with Gasteiger partial charge in [0.25, 0.3) is 5.91 Å². The Morgan fingerprint density at radius 3 is 2.70 bits per heavy atom. The van der Waals surface area contributed by atoms with Crippen molar-refractivity contribution >= 4 is 5.91 Å². The molecule has 0 radical (unpaired) electrons. The van der Waals surface area contributed by atoms with Crippen LogP contribution >= 0.6 is 0 Å². The van der Waals surface area contributed by atoms with Crippen molar-refractivity contribution in [3.63, 3.8) is 0 Å². The predicted octanol–water partition coefficient (Wildman–Crippen LogP) is 2.55. The van der Waals surface area contributed by atoms with Crippen LogP contribution in [0.2, 0.25) is 0 Å². The van der Waals surface area contributed by atoms with E-state index in [1.165, 1.54) is 18.3 Å². The lowest BCUT2D eigenvalue weighted by Gasteiger charge is -2.29. The molecule has 0 fully saturated rings.